The molecule has 28 heavy (non-hydrogen) atoms. The molecular weight excluding hydrogens is 389 g/mol. The molecule has 0 radical (unpaired) electrons. The fourth-order valence-electron chi connectivity index (χ4n) is 3.57. The van der Waals surface area contributed by atoms with Gasteiger partial charge in [0, 0.05) is 6.42 Å². The fraction of sp³-hybridized carbons (Fsp3) is 0.526. The lowest BCUT2D eigenvalue weighted by molar-refractivity contribution is -0.138. The predicted molar refractivity (Wildman–Crippen MR) is 101 cm³/mol. The Bertz CT molecular complexity index is 876. The molecule has 1 fully saturated rings. The van der Waals surface area contributed by atoms with Gasteiger partial charge in [0.15, 0.2) is 5.79 Å². The highest BCUT2D eigenvalue weighted by Gasteiger charge is 2.45. The summed E-state index contributed by atoms with van der Waals surface area (Å²) in [6.07, 6.45) is 3.71. The molecule has 1 spiro atoms. The number of carboxylic acid groups (broad SMARTS) is 1. The number of carboxylic acids is 1. The maximum absolute atomic E-state index is 13.6. The molecule has 9 heteroatoms. The molecule has 0 saturated carbocycles. The van der Waals surface area contributed by atoms with E-state index in [0.29, 0.717) is 25.2 Å². The van der Waals surface area contributed by atoms with E-state index in [1.807, 2.05) is 6.92 Å². The van der Waals surface area contributed by atoms with Crippen molar-refractivity contribution < 1.29 is 32.2 Å². The van der Waals surface area contributed by atoms with Crippen LogP contribution in [0.15, 0.2) is 29.8 Å². The van der Waals surface area contributed by atoms with Crippen molar-refractivity contribution in [1.82, 2.24) is 0 Å². The lowest BCUT2D eigenvalue weighted by Crippen LogP contribution is -2.42. The summed E-state index contributed by atoms with van der Waals surface area (Å²) in [5.41, 5.74) is 0.534. The number of hydrogen-bond acceptors (Lipinski definition) is 5. The number of aryl methyl sites for hydroxylation is 1. The lowest BCUT2D eigenvalue weighted by Gasteiger charge is -2.32. The second kappa shape index (κ2) is 8.18. The standard InChI is InChI=1S/C19H24FNO6S/c1-2-3-4-13-11-14(20)5-6-16(13)21-28(24,25)17-7-8-19(26-9-10-27-19)12-15(17)18(22)23/h5-6,11-12,17,21H,2-4,7-10H2,1H3,(H,22,23). The third-order valence-corrected chi connectivity index (χ3v) is 6.74. The van der Waals surface area contributed by atoms with E-state index in [4.69, 9.17) is 9.47 Å². The Morgan fingerprint density at radius 3 is 2.71 bits per heavy atom. The van der Waals surface area contributed by atoms with Gasteiger partial charge in [-0.3, -0.25) is 4.72 Å². The van der Waals surface area contributed by atoms with Gasteiger partial charge in [0.05, 0.1) is 24.5 Å². The van der Waals surface area contributed by atoms with Crippen molar-refractivity contribution in [1.29, 1.82) is 0 Å². The Balaban J connectivity index is 1.89. The Kier molecular flexibility index (Phi) is 6.07. The minimum absolute atomic E-state index is 0.0406. The zero-order valence-electron chi connectivity index (χ0n) is 15.6. The summed E-state index contributed by atoms with van der Waals surface area (Å²) in [4.78, 5) is 11.7. The Labute approximate surface area is 163 Å². The van der Waals surface area contributed by atoms with E-state index in [1.165, 1.54) is 24.3 Å². The number of sulfonamides is 1. The highest BCUT2D eigenvalue weighted by molar-refractivity contribution is 7.93. The predicted octanol–water partition coefficient (Wildman–Crippen LogP) is 2.83. The highest BCUT2D eigenvalue weighted by Crippen LogP contribution is 2.37. The lowest BCUT2D eigenvalue weighted by atomic mass is 9.94. The molecule has 1 unspecified atom stereocenters. The van der Waals surface area contributed by atoms with Crippen molar-refractivity contribution in [3.8, 4) is 0 Å². The van der Waals surface area contributed by atoms with E-state index in [-0.39, 0.29) is 24.1 Å². The second-order valence-electron chi connectivity index (χ2n) is 6.99. The topological polar surface area (TPSA) is 102 Å². The van der Waals surface area contributed by atoms with Crippen molar-refractivity contribution in [2.45, 2.75) is 50.1 Å². The number of anilines is 1. The number of hydrogen-bond donors (Lipinski definition) is 2. The van der Waals surface area contributed by atoms with Gasteiger partial charge in [-0.2, -0.15) is 0 Å². The SMILES string of the molecule is CCCCc1cc(F)ccc1NS(=O)(=O)C1CCC2(C=C1C(=O)O)OCCO2. The molecular formula is C19H24FNO6S. The van der Waals surface area contributed by atoms with Gasteiger partial charge in [-0.05, 0) is 49.1 Å². The van der Waals surface area contributed by atoms with E-state index >= 15 is 0 Å². The van der Waals surface area contributed by atoms with Crippen LogP contribution < -0.4 is 4.72 Å². The van der Waals surface area contributed by atoms with Gasteiger partial charge in [0.1, 0.15) is 11.1 Å². The van der Waals surface area contributed by atoms with Crippen LogP contribution in [-0.2, 0) is 30.7 Å². The van der Waals surface area contributed by atoms with Gasteiger partial charge < -0.3 is 14.6 Å². The van der Waals surface area contributed by atoms with E-state index in [9.17, 15) is 22.7 Å². The molecule has 2 N–H and O–H groups in total. The molecule has 3 rings (SSSR count). The number of carbonyl (C=O) groups is 1. The average Bonchev–Trinajstić information content (AvgIpc) is 3.09. The summed E-state index contributed by atoms with van der Waals surface area (Å²) in [6.45, 7) is 2.64. The van der Waals surface area contributed by atoms with Crippen LogP contribution in [0.4, 0.5) is 10.1 Å². The number of rotatable bonds is 7. The van der Waals surface area contributed by atoms with E-state index in [0.717, 1.165) is 12.8 Å². The van der Waals surface area contributed by atoms with Crippen molar-refractivity contribution in [3.63, 3.8) is 0 Å². The molecule has 0 bridgehead atoms. The number of aliphatic carboxylic acids is 1. The van der Waals surface area contributed by atoms with E-state index in [2.05, 4.69) is 4.72 Å². The fourth-order valence-corrected chi connectivity index (χ4v) is 5.15. The van der Waals surface area contributed by atoms with Crippen LogP contribution in [0.5, 0.6) is 0 Å². The number of unbranched alkanes of at least 4 members (excludes halogenated alkanes) is 1. The van der Waals surface area contributed by atoms with Crippen LogP contribution in [0.25, 0.3) is 0 Å². The minimum Gasteiger partial charge on any atom is -0.478 e. The molecule has 0 aromatic heterocycles. The number of nitrogens with one attached hydrogen (secondary N) is 1. The van der Waals surface area contributed by atoms with E-state index < -0.39 is 32.8 Å². The maximum atomic E-state index is 13.6. The first-order valence-electron chi connectivity index (χ1n) is 9.30. The van der Waals surface area contributed by atoms with Gasteiger partial charge in [-0.1, -0.05) is 13.3 Å². The Morgan fingerprint density at radius 2 is 2.07 bits per heavy atom. The largest absolute Gasteiger partial charge is 0.478 e. The van der Waals surface area contributed by atoms with Crippen LogP contribution in [0.3, 0.4) is 0 Å². The summed E-state index contributed by atoms with van der Waals surface area (Å²) in [5.74, 6) is -2.95. The number of ether oxygens (including phenoxy) is 2. The van der Waals surface area contributed by atoms with Crippen LogP contribution in [0.2, 0.25) is 0 Å². The van der Waals surface area contributed by atoms with Crippen molar-refractivity contribution in [2.24, 2.45) is 0 Å². The Morgan fingerprint density at radius 1 is 1.36 bits per heavy atom. The van der Waals surface area contributed by atoms with Crippen molar-refractivity contribution in [2.75, 3.05) is 17.9 Å². The van der Waals surface area contributed by atoms with Crippen LogP contribution >= 0.6 is 0 Å². The summed E-state index contributed by atoms with van der Waals surface area (Å²) >= 11 is 0. The molecule has 1 saturated heterocycles. The van der Waals surface area contributed by atoms with Gasteiger partial charge in [-0.15, -0.1) is 0 Å². The first-order chi connectivity index (χ1) is 13.3. The zero-order chi connectivity index (χ0) is 20.4. The first-order valence-corrected chi connectivity index (χ1v) is 10.8. The van der Waals surface area contributed by atoms with Gasteiger partial charge in [0.25, 0.3) is 0 Å². The van der Waals surface area contributed by atoms with Crippen LogP contribution in [0.1, 0.15) is 38.2 Å². The molecule has 1 aliphatic carbocycles. The summed E-state index contributed by atoms with van der Waals surface area (Å²) in [6, 6.07) is 3.85. The quantitative estimate of drug-likeness (QED) is 0.713. The summed E-state index contributed by atoms with van der Waals surface area (Å²) < 4.78 is 53.1. The van der Waals surface area contributed by atoms with Crippen LogP contribution in [-0.4, -0.2) is 43.7 Å². The molecule has 2 aliphatic rings. The number of benzene rings is 1. The van der Waals surface area contributed by atoms with Crippen LogP contribution in [0, 0.1) is 5.82 Å². The molecule has 1 heterocycles. The molecule has 1 aromatic rings. The Hall–Kier alpha value is -1.97. The zero-order valence-corrected chi connectivity index (χ0v) is 16.4. The van der Waals surface area contributed by atoms with Gasteiger partial charge >= 0.3 is 5.97 Å². The first kappa shape index (κ1) is 20.8. The highest BCUT2D eigenvalue weighted by atomic mass is 32.2. The summed E-state index contributed by atoms with van der Waals surface area (Å²) in [5, 5.41) is 8.31. The minimum atomic E-state index is -4.07. The van der Waals surface area contributed by atoms with E-state index in [1.54, 1.807) is 0 Å². The normalized spacial score (nSPS) is 21.5. The second-order valence-corrected chi connectivity index (χ2v) is 8.86. The van der Waals surface area contributed by atoms with Crippen molar-refractivity contribution in [3.05, 3.63) is 41.2 Å². The third-order valence-electron chi connectivity index (χ3n) is 4.99. The smallest absolute Gasteiger partial charge is 0.332 e. The summed E-state index contributed by atoms with van der Waals surface area (Å²) in [7, 11) is -4.07. The monoisotopic (exact) mass is 413 g/mol. The van der Waals surface area contributed by atoms with Gasteiger partial charge in [0.2, 0.25) is 10.0 Å². The number of halogens is 1. The average molecular weight is 413 g/mol. The molecule has 1 atom stereocenters. The molecule has 1 aliphatic heterocycles. The molecule has 1 aromatic carbocycles. The molecule has 0 amide bonds. The molecule has 154 valence electrons. The maximum Gasteiger partial charge on any atom is 0.332 e. The third kappa shape index (κ3) is 4.37. The van der Waals surface area contributed by atoms with Crippen molar-refractivity contribution >= 4 is 21.7 Å². The van der Waals surface area contributed by atoms with Gasteiger partial charge in [-0.25, -0.2) is 17.6 Å². The molecule has 7 nitrogen and oxygen atoms in total.